The molecule has 2 aromatic carbocycles. The maximum Gasteiger partial charge on any atom is 0.418 e. The van der Waals surface area contributed by atoms with E-state index in [1.54, 1.807) is 24.3 Å². The first-order chi connectivity index (χ1) is 12.5. The molecule has 0 saturated heterocycles. The van der Waals surface area contributed by atoms with Crippen molar-refractivity contribution in [1.82, 2.24) is 4.31 Å². The first-order valence-corrected chi connectivity index (χ1v) is 9.85. The molecule has 0 spiro atoms. The van der Waals surface area contributed by atoms with Crippen LogP contribution in [0.2, 0.25) is 5.02 Å². The third-order valence-corrected chi connectivity index (χ3v) is 5.17. The van der Waals surface area contributed by atoms with E-state index in [2.05, 4.69) is 5.32 Å². The number of carbonyl (C=O) groups excluding carboxylic acids is 1. The lowest BCUT2D eigenvalue weighted by molar-refractivity contribution is -0.137. The maximum absolute atomic E-state index is 13.0. The van der Waals surface area contributed by atoms with E-state index in [1.165, 1.54) is 12.1 Å². The van der Waals surface area contributed by atoms with Crippen LogP contribution in [0.4, 0.5) is 18.9 Å². The number of para-hydroxylation sites is 1. The Hall–Kier alpha value is -2.10. The molecule has 0 fully saturated rings. The van der Waals surface area contributed by atoms with Crippen LogP contribution >= 0.6 is 11.6 Å². The van der Waals surface area contributed by atoms with Crippen molar-refractivity contribution in [3.63, 3.8) is 0 Å². The summed E-state index contributed by atoms with van der Waals surface area (Å²) in [5, 5.41) is 2.44. The monoisotopic (exact) mass is 420 g/mol. The van der Waals surface area contributed by atoms with Gasteiger partial charge >= 0.3 is 6.18 Å². The molecule has 2 aromatic rings. The van der Waals surface area contributed by atoms with Crippen LogP contribution in [-0.4, -0.2) is 31.4 Å². The SMILES string of the molecule is CS(=O)(=O)N(CC(=O)Nc1ccccc1C(F)(F)F)Cc1ccccc1Cl. The van der Waals surface area contributed by atoms with Gasteiger partial charge in [0.2, 0.25) is 15.9 Å². The third-order valence-electron chi connectivity index (χ3n) is 3.60. The number of nitrogens with one attached hydrogen (secondary N) is 1. The fourth-order valence-corrected chi connectivity index (χ4v) is 3.22. The Balaban J connectivity index is 2.20. The van der Waals surface area contributed by atoms with Gasteiger partial charge < -0.3 is 5.32 Å². The summed E-state index contributed by atoms with van der Waals surface area (Å²) in [4.78, 5) is 12.2. The Morgan fingerprint density at radius 2 is 1.70 bits per heavy atom. The van der Waals surface area contributed by atoms with Gasteiger partial charge in [-0.05, 0) is 23.8 Å². The topological polar surface area (TPSA) is 66.5 Å². The van der Waals surface area contributed by atoms with E-state index in [1.807, 2.05) is 0 Å². The molecule has 0 radical (unpaired) electrons. The van der Waals surface area contributed by atoms with Crippen molar-refractivity contribution in [3.8, 4) is 0 Å². The smallest absolute Gasteiger partial charge is 0.324 e. The molecule has 0 aliphatic rings. The maximum atomic E-state index is 13.0. The highest BCUT2D eigenvalue weighted by molar-refractivity contribution is 7.88. The van der Waals surface area contributed by atoms with Crippen LogP contribution < -0.4 is 5.32 Å². The number of hydrogen-bond donors (Lipinski definition) is 1. The van der Waals surface area contributed by atoms with Crippen LogP contribution in [0.15, 0.2) is 48.5 Å². The lowest BCUT2D eigenvalue weighted by Gasteiger charge is -2.21. The molecule has 0 saturated carbocycles. The van der Waals surface area contributed by atoms with E-state index in [4.69, 9.17) is 11.6 Å². The number of benzene rings is 2. The molecule has 5 nitrogen and oxygen atoms in total. The molecule has 0 aliphatic heterocycles. The van der Waals surface area contributed by atoms with Crippen molar-refractivity contribution in [2.24, 2.45) is 0 Å². The van der Waals surface area contributed by atoms with Crippen LogP contribution in [0, 0.1) is 0 Å². The molecule has 0 bridgehead atoms. The molecule has 10 heteroatoms. The molecular formula is C17H16ClF3N2O3S. The second kappa shape index (κ2) is 8.28. The van der Waals surface area contributed by atoms with E-state index in [9.17, 15) is 26.4 Å². The van der Waals surface area contributed by atoms with E-state index >= 15 is 0 Å². The molecule has 0 heterocycles. The third kappa shape index (κ3) is 5.95. The van der Waals surface area contributed by atoms with E-state index < -0.39 is 39.9 Å². The van der Waals surface area contributed by atoms with Gasteiger partial charge in [0, 0.05) is 11.6 Å². The zero-order valence-electron chi connectivity index (χ0n) is 14.1. The van der Waals surface area contributed by atoms with Gasteiger partial charge in [0.05, 0.1) is 24.1 Å². The number of nitrogens with zero attached hydrogens (tertiary/aromatic N) is 1. The molecule has 1 N–H and O–H groups in total. The van der Waals surface area contributed by atoms with Crippen LogP contribution in [0.1, 0.15) is 11.1 Å². The van der Waals surface area contributed by atoms with Crippen LogP contribution in [0.5, 0.6) is 0 Å². The number of hydrogen-bond acceptors (Lipinski definition) is 3. The van der Waals surface area contributed by atoms with Crippen LogP contribution in [0.25, 0.3) is 0 Å². The summed E-state index contributed by atoms with van der Waals surface area (Å²) in [6.07, 6.45) is -3.75. The molecule has 0 atom stereocenters. The van der Waals surface area contributed by atoms with Crippen molar-refractivity contribution < 1.29 is 26.4 Å². The first-order valence-electron chi connectivity index (χ1n) is 7.63. The van der Waals surface area contributed by atoms with Crippen molar-refractivity contribution in [2.45, 2.75) is 12.7 Å². The Labute approximate surface area is 159 Å². The Morgan fingerprint density at radius 1 is 1.11 bits per heavy atom. The molecule has 27 heavy (non-hydrogen) atoms. The first kappa shape index (κ1) is 21.2. The van der Waals surface area contributed by atoms with Crippen molar-refractivity contribution in [3.05, 3.63) is 64.7 Å². The summed E-state index contributed by atoms with van der Waals surface area (Å²) in [6, 6.07) is 10.9. The number of amides is 1. The highest BCUT2D eigenvalue weighted by Crippen LogP contribution is 2.34. The molecule has 2 rings (SSSR count). The fraction of sp³-hybridized carbons (Fsp3) is 0.235. The van der Waals surface area contributed by atoms with E-state index in [0.717, 1.165) is 22.7 Å². The Kier molecular flexibility index (Phi) is 6.50. The Morgan fingerprint density at radius 3 is 2.30 bits per heavy atom. The lowest BCUT2D eigenvalue weighted by Crippen LogP contribution is -2.37. The summed E-state index contributed by atoms with van der Waals surface area (Å²) in [7, 11) is -3.81. The lowest BCUT2D eigenvalue weighted by atomic mass is 10.1. The minimum Gasteiger partial charge on any atom is -0.324 e. The van der Waals surface area contributed by atoms with Crippen molar-refractivity contribution in [1.29, 1.82) is 0 Å². The predicted octanol–water partition coefficient (Wildman–Crippen LogP) is 3.76. The zero-order chi connectivity index (χ0) is 20.2. The second-order valence-corrected chi connectivity index (χ2v) is 8.10. The average molecular weight is 421 g/mol. The number of alkyl halides is 3. The second-order valence-electron chi connectivity index (χ2n) is 5.71. The summed E-state index contributed by atoms with van der Waals surface area (Å²) in [5.41, 5.74) is -0.996. The molecule has 0 aromatic heterocycles. The van der Waals surface area contributed by atoms with Gasteiger partial charge in [0.15, 0.2) is 0 Å². The molecule has 1 amide bonds. The molecule has 146 valence electrons. The van der Waals surface area contributed by atoms with Gasteiger partial charge in [0.25, 0.3) is 0 Å². The largest absolute Gasteiger partial charge is 0.418 e. The number of sulfonamides is 1. The van der Waals surface area contributed by atoms with Gasteiger partial charge in [0.1, 0.15) is 0 Å². The average Bonchev–Trinajstić information content (AvgIpc) is 2.54. The Bertz CT molecular complexity index is 933. The van der Waals surface area contributed by atoms with Crippen molar-refractivity contribution in [2.75, 3.05) is 18.1 Å². The van der Waals surface area contributed by atoms with Crippen LogP contribution in [-0.2, 0) is 27.5 Å². The van der Waals surface area contributed by atoms with Crippen LogP contribution in [0.3, 0.4) is 0 Å². The van der Waals surface area contributed by atoms with E-state index in [0.29, 0.717) is 10.6 Å². The summed E-state index contributed by atoms with van der Waals surface area (Å²) < 4.78 is 63.8. The number of anilines is 1. The fourth-order valence-electron chi connectivity index (χ4n) is 2.30. The summed E-state index contributed by atoms with van der Waals surface area (Å²) in [5.74, 6) is -0.899. The highest BCUT2D eigenvalue weighted by Gasteiger charge is 2.33. The molecule has 0 aliphatic carbocycles. The van der Waals surface area contributed by atoms with Gasteiger partial charge in [-0.3, -0.25) is 4.79 Å². The van der Waals surface area contributed by atoms with Gasteiger partial charge in [-0.15, -0.1) is 0 Å². The molecular weight excluding hydrogens is 405 g/mol. The van der Waals surface area contributed by atoms with Gasteiger partial charge in [-0.1, -0.05) is 41.9 Å². The van der Waals surface area contributed by atoms with Crippen molar-refractivity contribution >= 4 is 33.2 Å². The summed E-state index contributed by atoms with van der Waals surface area (Å²) in [6.45, 7) is -0.844. The molecule has 0 unspecified atom stereocenters. The quantitative estimate of drug-likeness (QED) is 0.773. The summed E-state index contributed by atoms with van der Waals surface area (Å²) >= 11 is 6.01. The minimum atomic E-state index is -4.65. The minimum absolute atomic E-state index is 0.188. The normalized spacial score (nSPS) is 12.2. The standard InChI is InChI=1S/C17H16ClF3N2O3S/c1-27(25,26)23(10-12-6-2-4-8-14(12)18)11-16(24)22-15-9-5-3-7-13(15)17(19,20)21/h2-9H,10-11H2,1H3,(H,22,24). The predicted molar refractivity (Wildman–Crippen MR) is 96.8 cm³/mol. The highest BCUT2D eigenvalue weighted by atomic mass is 35.5. The number of halogens is 4. The van der Waals surface area contributed by atoms with Gasteiger partial charge in [-0.2, -0.15) is 17.5 Å². The number of rotatable bonds is 6. The number of carbonyl (C=O) groups is 1. The van der Waals surface area contributed by atoms with E-state index in [-0.39, 0.29) is 6.54 Å². The zero-order valence-corrected chi connectivity index (χ0v) is 15.7. The van der Waals surface area contributed by atoms with Gasteiger partial charge in [-0.25, -0.2) is 8.42 Å².